The van der Waals surface area contributed by atoms with Gasteiger partial charge in [0.2, 0.25) is 0 Å². The average Bonchev–Trinajstić information content (AvgIpc) is 3.31. The molecule has 2 aliphatic rings. The summed E-state index contributed by atoms with van der Waals surface area (Å²) in [5.41, 5.74) is 5.56. The van der Waals surface area contributed by atoms with Crippen LogP contribution in [-0.2, 0) is 5.41 Å². The van der Waals surface area contributed by atoms with Crippen LogP contribution in [0.1, 0.15) is 75.5 Å². The summed E-state index contributed by atoms with van der Waals surface area (Å²) in [7, 11) is 0. The van der Waals surface area contributed by atoms with E-state index in [1.165, 1.54) is 34.9 Å². The summed E-state index contributed by atoms with van der Waals surface area (Å²) in [6.45, 7) is 8.85. The molecule has 2 heterocycles. The smallest absolute Gasteiger partial charge is 0.316 e. The highest BCUT2D eigenvalue weighted by molar-refractivity contribution is 5.88. The number of rotatable bonds is 4. The number of fused-ring (bicyclic) bond motifs is 1. The van der Waals surface area contributed by atoms with Crippen molar-refractivity contribution in [1.29, 1.82) is 0 Å². The standard InChI is InChI=1S/C24H30N4O2/c1-13-10-19(22-27-28-23(30-22)26-18-6-5-7-20(18)29)25-21-16(13)11-15(14-8-9-14)12-17(21)24(2,3)4/h10-12,14,18,20,29H,5-9H2,1-4H3,(H,26,28). The number of benzene rings is 1. The quantitative estimate of drug-likeness (QED) is 0.628. The first-order chi connectivity index (χ1) is 14.3. The largest absolute Gasteiger partial charge is 0.402 e. The van der Waals surface area contributed by atoms with Crippen LogP contribution in [0.25, 0.3) is 22.5 Å². The molecular weight excluding hydrogens is 376 g/mol. The van der Waals surface area contributed by atoms with E-state index in [0.29, 0.717) is 23.5 Å². The Labute approximate surface area is 177 Å². The van der Waals surface area contributed by atoms with Crippen LogP contribution < -0.4 is 5.32 Å². The summed E-state index contributed by atoms with van der Waals surface area (Å²) in [4.78, 5) is 4.98. The van der Waals surface area contributed by atoms with Crippen molar-refractivity contribution in [2.45, 2.75) is 83.3 Å². The zero-order valence-corrected chi connectivity index (χ0v) is 18.2. The van der Waals surface area contributed by atoms with Gasteiger partial charge in [-0.25, -0.2) is 4.98 Å². The van der Waals surface area contributed by atoms with Gasteiger partial charge in [0.1, 0.15) is 5.69 Å². The van der Waals surface area contributed by atoms with E-state index < -0.39 is 0 Å². The lowest BCUT2D eigenvalue weighted by Gasteiger charge is -2.23. The number of aliphatic hydroxyl groups excluding tert-OH is 1. The van der Waals surface area contributed by atoms with Gasteiger partial charge in [-0.15, -0.1) is 5.10 Å². The Hall–Kier alpha value is -2.47. The monoisotopic (exact) mass is 406 g/mol. The van der Waals surface area contributed by atoms with Crippen LogP contribution in [0.3, 0.4) is 0 Å². The molecule has 2 N–H and O–H groups in total. The minimum absolute atomic E-state index is 0.0125. The van der Waals surface area contributed by atoms with Gasteiger partial charge in [-0.3, -0.25) is 0 Å². The number of nitrogens with zero attached hydrogens (tertiary/aromatic N) is 3. The fourth-order valence-corrected chi connectivity index (χ4v) is 4.50. The third-order valence-corrected chi connectivity index (χ3v) is 6.43. The topological polar surface area (TPSA) is 84.1 Å². The maximum atomic E-state index is 10.0. The molecule has 2 unspecified atom stereocenters. The van der Waals surface area contributed by atoms with Crippen molar-refractivity contribution in [2.75, 3.05) is 5.32 Å². The molecule has 2 saturated carbocycles. The Morgan fingerprint density at radius 1 is 1.07 bits per heavy atom. The molecule has 158 valence electrons. The van der Waals surface area contributed by atoms with Crippen molar-refractivity contribution in [3.05, 3.63) is 34.9 Å². The molecule has 30 heavy (non-hydrogen) atoms. The molecule has 0 aliphatic heterocycles. The van der Waals surface area contributed by atoms with Gasteiger partial charge in [0.05, 0.1) is 17.7 Å². The molecule has 2 atom stereocenters. The van der Waals surface area contributed by atoms with Crippen molar-refractivity contribution in [3.63, 3.8) is 0 Å². The molecule has 0 bridgehead atoms. The summed E-state index contributed by atoms with van der Waals surface area (Å²) in [6, 6.07) is 7.01. The van der Waals surface area contributed by atoms with Crippen LogP contribution in [0.4, 0.5) is 6.01 Å². The molecule has 1 aromatic carbocycles. The molecule has 2 fully saturated rings. The maximum absolute atomic E-state index is 10.0. The van der Waals surface area contributed by atoms with Gasteiger partial charge >= 0.3 is 6.01 Å². The van der Waals surface area contributed by atoms with Crippen molar-refractivity contribution >= 4 is 16.9 Å². The molecule has 2 aliphatic carbocycles. The van der Waals surface area contributed by atoms with E-state index in [-0.39, 0.29) is 17.6 Å². The number of pyridine rings is 1. The third kappa shape index (κ3) is 3.58. The molecule has 3 aromatic rings. The van der Waals surface area contributed by atoms with E-state index in [4.69, 9.17) is 9.40 Å². The summed E-state index contributed by atoms with van der Waals surface area (Å²) in [5, 5.41) is 22.8. The van der Waals surface area contributed by atoms with E-state index in [1.54, 1.807) is 0 Å². The lowest BCUT2D eigenvalue weighted by molar-refractivity contribution is 0.170. The number of anilines is 1. The van der Waals surface area contributed by atoms with Crippen molar-refractivity contribution in [2.24, 2.45) is 0 Å². The number of aromatic nitrogens is 3. The normalized spacial score (nSPS) is 22.0. The van der Waals surface area contributed by atoms with Gasteiger partial charge in [0.25, 0.3) is 5.89 Å². The molecule has 0 spiro atoms. The molecule has 0 amide bonds. The summed E-state index contributed by atoms with van der Waals surface area (Å²) < 4.78 is 5.87. The summed E-state index contributed by atoms with van der Waals surface area (Å²) in [6.07, 6.45) is 4.92. The number of hydrogen-bond acceptors (Lipinski definition) is 6. The van der Waals surface area contributed by atoms with Gasteiger partial charge < -0.3 is 14.8 Å². The molecule has 6 heteroatoms. The molecule has 6 nitrogen and oxygen atoms in total. The second kappa shape index (κ2) is 7.05. The number of aryl methyl sites for hydroxylation is 1. The van der Waals surface area contributed by atoms with E-state index in [0.717, 1.165) is 24.8 Å². The molecule has 2 aromatic heterocycles. The van der Waals surface area contributed by atoms with Crippen LogP contribution in [-0.4, -0.2) is 32.4 Å². The maximum Gasteiger partial charge on any atom is 0.316 e. The van der Waals surface area contributed by atoms with Crippen LogP contribution in [0.5, 0.6) is 0 Å². The second-order valence-corrected chi connectivity index (χ2v) is 9.97. The number of nitrogens with one attached hydrogen (secondary N) is 1. The zero-order chi connectivity index (χ0) is 21.0. The van der Waals surface area contributed by atoms with Gasteiger partial charge in [-0.2, -0.15) is 0 Å². The molecule has 0 radical (unpaired) electrons. The highest BCUT2D eigenvalue weighted by Gasteiger charge is 2.29. The lowest BCUT2D eigenvalue weighted by Crippen LogP contribution is -2.27. The first-order valence-electron chi connectivity index (χ1n) is 11.0. The minimum atomic E-state index is -0.364. The Morgan fingerprint density at radius 3 is 2.53 bits per heavy atom. The van der Waals surface area contributed by atoms with Crippen LogP contribution in [0.15, 0.2) is 22.6 Å². The Morgan fingerprint density at radius 2 is 1.87 bits per heavy atom. The van der Waals surface area contributed by atoms with Crippen LogP contribution >= 0.6 is 0 Å². The van der Waals surface area contributed by atoms with E-state index in [9.17, 15) is 5.11 Å². The van der Waals surface area contributed by atoms with Gasteiger partial charge in [0.15, 0.2) is 0 Å². The highest BCUT2D eigenvalue weighted by atomic mass is 16.4. The third-order valence-electron chi connectivity index (χ3n) is 6.43. The second-order valence-electron chi connectivity index (χ2n) is 9.97. The summed E-state index contributed by atoms with van der Waals surface area (Å²) in [5.74, 6) is 1.10. The average molecular weight is 407 g/mol. The number of aliphatic hydroxyl groups is 1. The SMILES string of the molecule is Cc1cc(-c2nnc(NC3CCCC3O)o2)nc2c(C(C)(C)C)cc(C3CC3)cc12. The van der Waals surface area contributed by atoms with E-state index >= 15 is 0 Å². The van der Waals surface area contributed by atoms with Gasteiger partial charge in [-0.05, 0) is 79.2 Å². The Kier molecular flexibility index (Phi) is 4.58. The van der Waals surface area contributed by atoms with Crippen LogP contribution in [0.2, 0.25) is 0 Å². The zero-order valence-electron chi connectivity index (χ0n) is 18.2. The summed E-state index contributed by atoms with van der Waals surface area (Å²) >= 11 is 0. The number of hydrogen-bond donors (Lipinski definition) is 2. The van der Waals surface area contributed by atoms with Gasteiger partial charge in [-0.1, -0.05) is 31.9 Å². The fraction of sp³-hybridized carbons (Fsp3) is 0.542. The highest BCUT2D eigenvalue weighted by Crippen LogP contribution is 2.44. The van der Waals surface area contributed by atoms with E-state index in [1.807, 2.05) is 6.07 Å². The predicted molar refractivity (Wildman–Crippen MR) is 118 cm³/mol. The lowest BCUT2D eigenvalue weighted by atomic mass is 9.83. The molecule has 5 rings (SSSR count). The first kappa shape index (κ1) is 19.5. The van der Waals surface area contributed by atoms with Crippen molar-refractivity contribution < 1.29 is 9.52 Å². The predicted octanol–water partition coefficient (Wildman–Crippen LogP) is 5.09. The fourth-order valence-electron chi connectivity index (χ4n) is 4.50. The molecular formula is C24H30N4O2. The first-order valence-corrected chi connectivity index (χ1v) is 11.0. The van der Waals surface area contributed by atoms with E-state index in [2.05, 4.69) is 55.3 Å². The van der Waals surface area contributed by atoms with Crippen molar-refractivity contribution in [3.8, 4) is 11.6 Å². The van der Waals surface area contributed by atoms with Gasteiger partial charge in [0, 0.05) is 5.39 Å². The minimum Gasteiger partial charge on any atom is -0.402 e. The van der Waals surface area contributed by atoms with Crippen molar-refractivity contribution in [1.82, 2.24) is 15.2 Å². The Bertz CT molecular complexity index is 1090. The molecule has 0 saturated heterocycles. The van der Waals surface area contributed by atoms with Crippen LogP contribution in [0, 0.1) is 6.92 Å². The Balaban J connectivity index is 1.55.